The number of rotatable bonds is 22. The average molecular weight is 720 g/mol. The van der Waals surface area contributed by atoms with Crippen LogP contribution in [0.2, 0.25) is 0 Å². The first-order chi connectivity index (χ1) is 23.7. The minimum absolute atomic E-state index is 0.0367. The van der Waals surface area contributed by atoms with Crippen molar-refractivity contribution < 1.29 is 42.9 Å². The molecule has 6 amide bonds. The van der Waals surface area contributed by atoms with E-state index in [-0.39, 0.29) is 44.4 Å². The molecule has 3 N–H and O–H groups in total. The molecule has 0 fully saturated rings. The van der Waals surface area contributed by atoms with E-state index in [9.17, 15) is 24.0 Å². The first-order valence-corrected chi connectivity index (χ1v) is 17.4. The summed E-state index contributed by atoms with van der Waals surface area (Å²) in [7, 11) is 1.67. The van der Waals surface area contributed by atoms with Crippen molar-refractivity contribution in [2.75, 3.05) is 91.4 Å². The summed E-state index contributed by atoms with van der Waals surface area (Å²) in [5.41, 5.74) is 1.69. The summed E-state index contributed by atoms with van der Waals surface area (Å²) in [5.74, 6) is -1.18. The van der Waals surface area contributed by atoms with E-state index < -0.39 is 17.8 Å². The highest BCUT2D eigenvalue weighted by Crippen LogP contribution is 2.34. The van der Waals surface area contributed by atoms with Crippen LogP contribution in [-0.4, -0.2) is 136 Å². The number of nitrogens with zero attached hydrogens (tertiary/aromatic N) is 4. The molecule has 1 aromatic carbocycles. The lowest BCUT2D eigenvalue weighted by molar-refractivity contribution is -0.137. The van der Waals surface area contributed by atoms with Crippen LogP contribution in [0.4, 0.5) is 9.93 Å². The minimum atomic E-state index is -0.408. The van der Waals surface area contributed by atoms with E-state index in [0.29, 0.717) is 64.5 Å². The van der Waals surface area contributed by atoms with Crippen molar-refractivity contribution in [3.8, 4) is 0 Å². The number of nitrogens with one attached hydrogen (secondary N) is 3. The Balaban J connectivity index is 0.907. The second-order valence-electron chi connectivity index (χ2n) is 10.7. The molecule has 0 saturated heterocycles. The van der Waals surface area contributed by atoms with Crippen LogP contribution in [-0.2, 0) is 38.1 Å². The summed E-state index contributed by atoms with van der Waals surface area (Å²) >= 11 is 3.00. The molecule has 49 heavy (non-hydrogen) atoms. The summed E-state index contributed by atoms with van der Waals surface area (Å²) in [6, 6.07) is 3.52. The maximum absolute atomic E-state index is 12.4. The SMILES string of the molecule is Cc1nc2c(ccc3nc(NC(=O)NCCN(C)C(=O)CCOCCOCCOCCOCCNC(=O)CCN4C(=O)C=CC4=O)sc32)s1. The Morgan fingerprint density at radius 2 is 1.47 bits per heavy atom. The largest absolute Gasteiger partial charge is 0.379 e. The standard InChI is InChI=1S/C31H41N7O9S2/c1-21-34-28-23(48-21)4-3-22-29(28)49-31(35-22)36-30(43)33-9-12-37(2)25(40)8-13-44-15-17-46-19-20-47-18-16-45-14-10-32-24(39)7-11-38-26(41)5-6-27(38)42/h3-6H,7-20H2,1-2H3,(H,32,39)(H2,33,35,36,43). The maximum atomic E-state index is 12.4. The zero-order chi connectivity index (χ0) is 35.0. The van der Waals surface area contributed by atoms with Crippen molar-refractivity contribution in [3.63, 3.8) is 0 Å². The average Bonchev–Trinajstić information content (AvgIpc) is 3.76. The van der Waals surface area contributed by atoms with Gasteiger partial charge in [0.05, 0.1) is 79.2 Å². The van der Waals surface area contributed by atoms with E-state index in [1.54, 1.807) is 23.3 Å². The fraction of sp³-hybridized carbons (Fsp3) is 0.516. The molecule has 266 valence electrons. The highest BCUT2D eigenvalue weighted by molar-refractivity contribution is 7.24. The molecule has 0 radical (unpaired) electrons. The van der Waals surface area contributed by atoms with Gasteiger partial charge < -0.3 is 34.5 Å². The molecule has 3 heterocycles. The minimum Gasteiger partial charge on any atom is -0.379 e. The van der Waals surface area contributed by atoms with Gasteiger partial charge in [-0.25, -0.2) is 14.8 Å². The van der Waals surface area contributed by atoms with Gasteiger partial charge in [-0.2, -0.15) is 0 Å². The Morgan fingerprint density at radius 1 is 0.816 bits per heavy atom. The normalized spacial score (nSPS) is 12.7. The van der Waals surface area contributed by atoms with Gasteiger partial charge >= 0.3 is 6.03 Å². The number of hydrogen-bond acceptors (Lipinski definition) is 13. The Hall–Kier alpha value is -4.07. The van der Waals surface area contributed by atoms with Gasteiger partial charge in [0, 0.05) is 51.8 Å². The van der Waals surface area contributed by atoms with Gasteiger partial charge in [0.1, 0.15) is 5.52 Å². The van der Waals surface area contributed by atoms with Crippen LogP contribution in [0.15, 0.2) is 24.3 Å². The number of benzene rings is 1. The van der Waals surface area contributed by atoms with Crippen molar-refractivity contribution in [2.45, 2.75) is 19.8 Å². The third-order valence-corrected chi connectivity index (χ3v) is 8.94. The van der Waals surface area contributed by atoms with E-state index in [1.165, 1.54) is 23.5 Å². The third-order valence-electron chi connectivity index (χ3n) is 7.01. The van der Waals surface area contributed by atoms with Gasteiger partial charge in [-0.15, -0.1) is 11.3 Å². The number of fused-ring (bicyclic) bond motifs is 3. The first-order valence-electron chi connectivity index (χ1n) is 15.8. The number of ether oxygens (including phenoxy) is 4. The zero-order valence-electron chi connectivity index (χ0n) is 27.5. The van der Waals surface area contributed by atoms with E-state index in [1.807, 2.05) is 19.1 Å². The number of aryl methyl sites for hydroxylation is 1. The van der Waals surface area contributed by atoms with Crippen LogP contribution in [0.25, 0.3) is 20.4 Å². The lowest BCUT2D eigenvalue weighted by Crippen LogP contribution is -2.38. The Labute approximate surface area is 291 Å². The second kappa shape index (κ2) is 19.8. The number of imide groups is 1. The number of amides is 6. The molecule has 0 saturated carbocycles. The van der Waals surface area contributed by atoms with Crippen molar-refractivity contribution >= 4 is 77.9 Å². The fourth-order valence-corrected chi connectivity index (χ4v) is 6.32. The van der Waals surface area contributed by atoms with Crippen LogP contribution in [0.5, 0.6) is 0 Å². The lowest BCUT2D eigenvalue weighted by atomic mass is 10.3. The molecule has 18 heteroatoms. The van der Waals surface area contributed by atoms with Crippen LogP contribution in [0.1, 0.15) is 17.8 Å². The predicted molar refractivity (Wildman–Crippen MR) is 184 cm³/mol. The molecule has 16 nitrogen and oxygen atoms in total. The molecular weight excluding hydrogens is 679 g/mol. The van der Waals surface area contributed by atoms with Crippen molar-refractivity contribution in [1.82, 2.24) is 30.4 Å². The summed E-state index contributed by atoms with van der Waals surface area (Å²) < 4.78 is 23.8. The molecule has 2 aromatic heterocycles. The maximum Gasteiger partial charge on any atom is 0.321 e. The number of carbonyl (C=O) groups is 5. The Morgan fingerprint density at radius 3 is 2.16 bits per heavy atom. The van der Waals surface area contributed by atoms with E-state index in [4.69, 9.17) is 18.9 Å². The summed E-state index contributed by atoms with van der Waals surface area (Å²) in [6.45, 7) is 5.71. The smallest absolute Gasteiger partial charge is 0.321 e. The summed E-state index contributed by atoms with van der Waals surface area (Å²) in [6.07, 6.45) is 2.62. The monoisotopic (exact) mass is 719 g/mol. The number of likely N-dealkylation sites (N-methyl/N-ethyl adjacent to an activating group) is 1. The quantitative estimate of drug-likeness (QED) is 0.101. The molecular formula is C31H41N7O9S2. The van der Waals surface area contributed by atoms with E-state index >= 15 is 0 Å². The Kier molecular flexibility index (Phi) is 15.3. The number of urea groups is 1. The summed E-state index contributed by atoms with van der Waals surface area (Å²) in [4.78, 5) is 71.1. The van der Waals surface area contributed by atoms with Crippen molar-refractivity contribution in [3.05, 3.63) is 29.3 Å². The first kappa shape index (κ1) is 37.7. The highest BCUT2D eigenvalue weighted by atomic mass is 32.1. The van der Waals surface area contributed by atoms with Gasteiger partial charge in [-0.05, 0) is 19.1 Å². The second-order valence-corrected chi connectivity index (χ2v) is 12.9. The Bertz CT molecular complexity index is 1610. The molecule has 3 aromatic rings. The van der Waals surface area contributed by atoms with Crippen molar-refractivity contribution in [1.29, 1.82) is 0 Å². The highest BCUT2D eigenvalue weighted by Gasteiger charge is 2.23. The van der Waals surface area contributed by atoms with Gasteiger partial charge in [-0.1, -0.05) is 11.3 Å². The van der Waals surface area contributed by atoms with Crippen LogP contribution in [0, 0.1) is 6.92 Å². The molecule has 0 bridgehead atoms. The van der Waals surface area contributed by atoms with Gasteiger partial charge in [0.2, 0.25) is 11.8 Å². The molecule has 1 aliphatic rings. The van der Waals surface area contributed by atoms with Gasteiger partial charge in [0.15, 0.2) is 5.13 Å². The zero-order valence-corrected chi connectivity index (χ0v) is 29.1. The van der Waals surface area contributed by atoms with E-state index in [0.717, 1.165) is 30.3 Å². The molecule has 0 unspecified atom stereocenters. The lowest BCUT2D eigenvalue weighted by Gasteiger charge is -2.17. The van der Waals surface area contributed by atoms with Crippen molar-refractivity contribution in [2.24, 2.45) is 0 Å². The van der Waals surface area contributed by atoms with Crippen LogP contribution < -0.4 is 16.0 Å². The van der Waals surface area contributed by atoms with Crippen LogP contribution >= 0.6 is 22.7 Å². The summed E-state index contributed by atoms with van der Waals surface area (Å²) in [5, 5.41) is 9.64. The van der Waals surface area contributed by atoms with Crippen LogP contribution in [0.3, 0.4) is 0 Å². The number of aromatic nitrogens is 2. The number of carbonyl (C=O) groups excluding carboxylic acids is 5. The molecule has 0 atom stereocenters. The molecule has 0 aliphatic carbocycles. The molecule has 4 rings (SSSR count). The van der Waals surface area contributed by atoms with E-state index in [2.05, 4.69) is 25.9 Å². The molecule has 1 aliphatic heterocycles. The van der Waals surface area contributed by atoms with Gasteiger partial charge in [-0.3, -0.25) is 29.4 Å². The topological polar surface area (TPSA) is 191 Å². The number of anilines is 1. The molecule has 0 spiro atoms. The fourth-order valence-electron chi connectivity index (χ4n) is 4.47. The predicted octanol–water partition coefficient (Wildman–Crippen LogP) is 1.68. The van der Waals surface area contributed by atoms with Gasteiger partial charge in [0.25, 0.3) is 11.8 Å². The third kappa shape index (κ3) is 12.4. The number of hydrogen-bond donors (Lipinski definition) is 3. The number of thiazole rings is 2.